The van der Waals surface area contributed by atoms with Gasteiger partial charge in [0, 0.05) is 17.5 Å². The summed E-state index contributed by atoms with van der Waals surface area (Å²) in [6, 6.07) is 0.256. The Balaban J connectivity index is 2.72. The number of thioether (sulfide) groups is 1. The van der Waals surface area contributed by atoms with Crippen molar-refractivity contribution in [2.75, 3.05) is 18.1 Å². The van der Waals surface area contributed by atoms with Crippen LogP contribution in [0.5, 0.6) is 0 Å². The lowest BCUT2D eigenvalue weighted by Gasteiger charge is -2.00. The van der Waals surface area contributed by atoms with Crippen LogP contribution in [0, 0.1) is 0 Å². The van der Waals surface area contributed by atoms with Crippen molar-refractivity contribution >= 4 is 11.8 Å². The molecule has 50 valence electrons. The molecule has 3 N–H and O–H groups in total. The number of nitrogens with two attached hydrogens (primary N) is 1. The maximum Gasteiger partial charge on any atom is 0.0521 e. The van der Waals surface area contributed by atoms with Gasteiger partial charge in [-0.3, -0.25) is 0 Å². The Hall–Kier alpha value is 0.270. The van der Waals surface area contributed by atoms with Crippen molar-refractivity contribution in [3.05, 3.63) is 0 Å². The summed E-state index contributed by atoms with van der Waals surface area (Å²) in [5.74, 6) is 1.75. The van der Waals surface area contributed by atoms with Crippen LogP contribution in [0.25, 0.3) is 0 Å². The quantitative estimate of drug-likeness (QED) is 0.536. The maximum absolute atomic E-state index is 8.32. The van der Waals surface area contributed by atoms with Gasteiger partial charge >= 0.3 is 0 Å². The van der Waals surface area contributed by atoms with E-state index < -0.39 is 0 Å². The third-order valence-electron chi connectivity index (χ3n) is 0.616. The van der Waals surface area contributed by atoms with Crippen LogP contribution < -0.4 is 5.73 Å². The highest BCUT2D eigenvalue weighted by atomic mass is 32.2. The first-order valence-electron chi connectivity index (χ1n) is 2.71. The summed E-state index contributed by atoms with van der Waals surface area (Å²) in [6.45, 7) is 2.22. The van der Waals surface area contributed by atoms with Crippen molar-refractivity contribution in [1.29, 1.82) is 0 Å². The van der Waals surface area contributed by atoms with Gasteiger partial charge < -0.3 is 10.8 Å². The summed E-state index contributed by atoms with van der Waals surface area (Å²) in [4.78, 5) is 0. The monoisotopic (exact) mass is 135 g/mol. The molecule has 0 aromatic carbocycles. The van der Waals surface area contributed by atoms with Gasteiger partial charge in [0.25, 0.3) is 0 Å². The van der Waals surface area contributed by atoms with Crippen LogP contribution in [0.3, 0.4) is 0 Å². The van der Waals surface area contributed by atoms with E-state index in [0.717, 1.165) is 11.5 Å². The molecular weight excluding hydrogens is 122 g/mol. The molecular formula is C5H13NOS. The van der Waals surface area contributed by atoms with Crippen molar-refractivity contribution in [1.82, 2.24) is 0 Å². The fourth-order valence-corrected chi connectivity index (χ4v) is 1.00. The van der Waals surface area contributed by atoms with Gasteiger partial charge in [-0.15, -0.1) is 0 Å². The maximum atomic E-state index is 8.32. The lowest BCUT2D eigenvalue weighted by atomic mass is 10.4. The zero-order valence-corrected chi connectivity index (χ0v) is 5.95. The van der Waals surface area contributed by atoms with Crippen molar-refractivity contribution in [2.24, 2.45) is 5.73 Å². The molecule has 0 spiro atoms. The molecule has 8 heavy (non-hydrogen) atoms. The van der Waals surface area contributed by atoms with Gasteiger partial charge in [-0.2, -0.15) is 11.8 Å². The lowest BCUT2D eigenvalue weighted by molar-refractivity contribution is 0.322. The molecule has 0 aromatic rings. The Morgan fingerprint density at radius 1 is 1.75 bits per heavy atom. The van der Waals surface area contributed by atoms with Gasteiger partial charge in [0.05, 0.1) is 6.61 Å². The Morgan fingerprint density at radius 2 is 2.38 bits per heavy atom. The second-order valence-corrected chi connectivity index (χ2v) is 2.93. The van der Waals surface area contributed by atoms with Crippen LogP contribution >= 0.6 is 11.8 Å². The van der Waals surface area contributed by atoms with Crippen LogP contribution in [0.4, 0.5) is 0 Å². The first-order valence-corrected chi connectivity index (χ1v) is 3.87. The minimum atomic E-state index is 0.256. The molecule has 0 fully saturated rings. The molecule has 0 saturated carbocycles. The number of rotatable bonds is 4. The lowest BCUT2D eigenvalue weighted by Crippen LogP contribution is -2.17. The second-order valence-electron chi connectivity index (χ2n) is 1.78. The fourth-order valence-electron chi connectivity index (χ4n) is 0.334. The molecule has 0 saturated heterocycles. The molecule has 0 rings (SSSR count). The molecule has 0 amide bonds. The van der Waals surface area contributed by atoms with E-state index >= 15 is 0 Å². The summed E-state index contributed by atoms with van der Waals surface area (Å²) >= 11 is 1.69. The zero-order chi connectivity index (χ0) is 6.41. The van der Waals surface area contributed by atoms with E-state index in [0.29, 0.717) is 0 Å². The van der Waals surface area contributed by atoms with Crippen molar-refractivity contribution < 1.29 is 5.11 Å². The number of aliphatic hydroxyl groups is 1. The van der Waals surface area contributed by atoms with Gasteiger partial charge in [0.1, 0.15) is 0 Å². The molecule has 0 aliphatic heterocycles. The molecule has 2 nitrogen and oxygen atoms in total. The first-order chi connectivity index (χ1) is 3.77. The third kappa shape index (κ3) is 6.27. The minimum absolute atomic E-state index is 0.256. The van der Waals surface area contributed by atoms with E-state index in [2.05, 4.69) is 0 Å². The number of aliphatic hydroxyl groups excluding tert-OH is 1. The van der Waals surface area contributed by atoms with E-state index in [1.165, 1.54) is 0 Å². The Kier molecular flexibility index (Phi) is 5.59. The van der Waals surface area contributed by atoms with Crippen LogP contribution in [0.2, 0.25) is 0 Å². The molecule has 0 aromatic heterocycles. The highest BCUT2D eigenvalue weighted by Crippen LogP contribution is 1.98. The molecule has 3 heteroatoms. The summed E-state index contributed by atoms with van der Waals surface area (Å²) < 4.78 is 0. The van der Waals surface area contributed by atoms with Crippen LogP contribution in [0.15, 0.2) is 0 Å². The molecule has 0 bridgehead atoms. The van der Waals surface area contributed by atoms with E-state index in [1.54, 1.807) is 11.8 Å². The normalized spacial score (nSPS) is 13.9. The van der Waals surface area contributed by atoms with Crippen LogP contribution in [-0.4, -0.2) is 29.3 Å². The van der Waals surface area contributed by atoms with Crippen molar-refractivity contribution in [3.63, 3.8) is 0 Å². The van der Waals surface area contributed by atoms with E-state index in [9.17, 15) is 0 Å². The summed E-state index contributed by atoms with van der Waals surface area (Å²) in [7, 11) is 0. The average molecular weight is 135 g/mol. The van der Waals surface area contributed by atoms with Crippen LogP contribution in [0.1, 0.15) is 6.92 Å². The molecule has 0 heterocycles. The van der Waals surface area contributed by atoms with Gasteiger partial charge in [-0.05, 0) is 6.92 Å². The highest BCUT2D eigenvalue weighted by Gasteiger charge is 1.91. The van der Waals surface area contributed by atoms with E-state index in [4.69, 9.17) is 10.8 Å². The largest absolute Gasteiger partial charge is 0.396 e. The first kappa shape index (κ1) is 8.27. The van der Waals surface area contributed by atoms with E-state index in [-0.39, 0.29) is 12.6 Å². The third-order valence-corrected chi connectivity index (χ3v) is 1.85. The predicted molar refractivity (Wildman–Crippen MR) is 38.1 cm³/mol. The van der Waals surface area contributed by atoms with E-state index in [1.807, 2.05) is 6.92 Å². The average Bonchev–Trinajstić information content (AvgIpc) is 1.66. The Bertz CT molecular complexity index is 49.7. The Labute approximate surface area is 54.5 Å². The smallest absolute Gasteiger partial charge is 0.0521 e. The fraction of sp³-hybridized carbons (Fsp3) is 1.00. The highest BCUT2D eigenvalue weighted by molar-refractivity contribution is 7.99. The SMILES string of the molecule is CC(N)CSCCO. The summed E-state index contributed by atoms with van der Waals surface area (Å²) in [5, 5.41) is 8.32. The zero-order valence-electron chi connectivity index (χ0n) is 5.13. The second kappa shape index (κ2) is 5.41. The van der Waals surface area contributed by atoms with Gasteiger partial charge in [-0.25, -0.2) is 0 Å². The predicted octanol–water partition coefficient (Wildman–Crippen LogP) is 0.0591. The van der Waals surface area contributed by atoms with Gasteiger partial charge in [0.15, 0.2) is 0 Å². The number of hydrogen-bond acceptors (Lipinski definition) is 3. The van der Waals surface area contributed by atoms with Crippen LogP contribution in [-0.2, 0) is 0 Å². The van der Waals surface area contributed by atoms with Gasteiger partial charge in [-0.1, -0.05) is 0 Å². The minimum Gasteiger partial charge on any atom is -0.396 e. The molecule has 0 aliphatic rings. The molecule has 1 atom stereocenters. The topological polar surface area (TPSA) is 46.2 Å². The summed E-state index contributed by atoms with van der Waals surface area (Å²) in [6.07, 6.45) is 0. The van der Waals surface area contributed by atoms with Gasteiger partial charge in [0.2, 0.25) is 0 Å². The van der Waals surface area contributed by atoms with Crippen molar-refractivity contribution in [3.8, 4) is 0 Å². The standard InChI is InChI=1S/C5H13NOS/c1-5(6)4-8-3-2-7/h5,7H,2-4,6H2,1H3. The number of hydrogen-bond donors (Lipinski definition) is 2. The Morgan fingerprint density at radius 3 is 2.75 bits per heavy atom. The molecule has 1 unspecified atom stereocenters. The molecule has 0 aliphatic carbocycles. The van der Waals surface area contributed by atoms with Crippen molar-refractivity contribution in [2.45, 2.75) is 13.0 Å². The molecule has 0 radical (unpaired) electrons. The summed E-state index contributed by atoms with van der Waals surface area (Å²) in [5.41, 5.74) is 5.43.